The van der Waals surface area contributed by atoms with Gasteiger partial charge in [-0.3, -0.25) is 0 Å². The van der Waals surface area contributed by atoms with E-state index in [2.05, 4.69) is 22.6 Å². The predicted octanol–water partition coefficient (Wildman–Crippen LogP) is 2.97. The Bertz CT molecular complexity index is 392. The van der Waals surface area contributed by atoms with Crippen LogP contribution in [0.3, 0.4) is 0 Å². The van der Waals surface area contributed by atoms with E-state index in [1.807, 2.05) is 24.3 Å². The quantitative estimate of drug-likeness (QED) is 0.865. The van der Waals surface area contributed by atoms with Crippen molar-refractivity contribution in [2.75, 3.05) is 0 Å². The highest BCUT2D eigenvalue weighted by Crippen LogP contribution is 2.22. The highest BCUT2D eigenvalue weighted by atomic mass is 127. The van der Waals surface area contributed by atoms with Crippen LogP contribution >= 0.6 is 22.6 Å². The van der Waals surface area contributed by atoms with Crippen molar-refractivity contribution >= 4 is 22.6 Å². The molecule has 0 radical (unpaired) electrons. The van der Waals surface area contributed by atoms with Crippen molar-refractivity contribution in [1.82, 2.24) is 0 Å². The zero-order chi connectivity index (χ0) is 9.97. The van der Waals surface area contributed by atoms with Gasteiger partial charge in [0.2, 0.25) is 0 Å². The highest BCUT2D eigenvalue weighted by molar-refractivity contribution is 14.1. The van der Waals surface area contributed by atoms with Crippen LogP contribution < -0.4 is 0 Å². The number of rotatable bonds is 2. The Labute approximate surface area is 95.7 Å². The minimum Gasteiger partial charge on any atom is -0.466 e. The molecular weight excluding hydrogens is 291 g/mol. The number of hydrogen-bond acceptors (Lipinski definition) is 2. The van der Waals surface area contributed by atoms with Gasteiger partial charge in [0.1, 0.15) is 11.9 Å². The second-order valence-corrected chi connectivity index (χ2v) is 4.22. The number of aliphatic hydroxyl groups excluding tert-OH is 1. The fourth-order valence-electron chi connectivity index (χ4n) is 1.26. The number of aliphatic hydroxyl groups is 1. The van der Waals surface area contributed by atoms with Gasteiger partial charge in [0.15, 0.2) is 0 Å². The van der Waals surface area contributed by atoms with Gasteiger partial charge in [-0.2, -0.15) is 0 Å². The molecule has 1 aromatic heterocycles. The van der Waals surface area contributed by atoms with Crippen LogP contribution in [-0.2, 0) is 0 Å². The molecule has 2 nitrogen and oxygen atoms in total. The fraction of sp³-hybridized carbons (Fsp3) is 0.0909. The van der Waals surface area contributed by atoms with Crippen LogP contribution in [0.1, 0.15) is 17.4 Å². The van der Waals surface area contributed by atoms with Crippen LogP contribution in [0.5, 0.6) is 0 Å². The lowest BCUT2D eigenvalue weighted by Crippen LogP contribution is -1.97. The Balaban J connectivity index is 2.28. The van der Waals surface area contributed by atoms with E-state index in [0.29, 0.717) is 5.76 Å². The first-order chi connectivity index (χ1) is 6.77. The maximum atomic E-state index is 9.88. The standard InChI is InChI=1S/C11H9IO2/c12-9-5-3-8(4-6-9)11(13)10-2-1-7-14-10/h1-7,11,13H. The molecule has 0 fully saturated rings. The molecule has 0 saturated heterocycles. The lowest BCUT2D eigenvalue weighted by Gasteiger charge is -2.07. The third-order valence-electron chi connectivity index (χ3n) is 2.00. The van der Waals surface area contributed by atoms with Crippen LogP contribution in [0.2, 0.25) is 0 Å². The minimum absolute atomic E-state index is 0.575. The second kappa shape index (κ2) is 4.14. The van der Waals surface area contributed by atoms with Gasteiger partial charge in [-0.15, -0.1) is 0 Å². The van der Waals surface area contributed by atoms with Crippen LogP contribution in [0.4, 0.5) is 0 Å². The van der Waals surface area contributed by atoms with Crippen molar-refractivity contribution in [2.45, 2.75) is 6.10 Å². The van der Waals surface area contributed by atoms with Crippen LogP contribution in [0.15, 0.2) is 47.1 Å². The summed E-state index contributed by atoms with van der Waals surface area (Å²) in [4.78, 5) is 0. The molecule has 0 aliphatic rings. The average Bonchev–Trinajstić information content (AvgIpc) is 2.71. The zero-order valence-corrected chi connectivity index (χ0v) is 9.51. The highest BCUT2D eigenvalue weighted by Gasteiger charge is 2.12. The van der Waals surface area contributed by atoms with Crippen molar-refractivity contribution in [1.29, 1.82) is 0 Å². The maximum Gasteiger partial charge on any atom is 0.137 e. The summed E-state index contributed by atoms with van der Waals surface area (Å²) in [5.74, 6) is 0.575. The summed E-state index contributed by atoms with van der Waals surface area (Å²) in [5.41, 5.74) is 0.848. The van der Waals surface area contributed by atoms with Crippen molar-refractivity contribution in [3.05, 3.63) is 57.6 Å². The van der Waals surface area contributed by atoms with Gasteiger partial charge in [0.25, 0.3) is 0 Å². The van der Waals surface area contributed by atoms with E-state index in [1.54, 1.807) is 18.4 Å². The lowest BCUT2D eigenvalue weighted by molar-refractivity contribution is 0.189. The summed E-state index contributed by atoms with van der Waals surface area (Å²) in [6.07, 6.45) is 0.896. The number of halogens is 1. The Morgan fingerprint density at radius 1 is 1.14 bits per heavy atom. The molecule has 1 heterocycles. The maximum absolute atomic E-state index is 9.88. The summed E-state index contributed by atoms with van der Waals surface area (Å²) in [5, 5.41) is 9.88. The molecule has 0 aliphatic carbocycles. The van der Waals surface area contributed by atoms with E-state index < -0.39 is 6.10 Å². The normalized spacial score (nSPS) is 12.7. The monoisotopic (exact) mass is 300 g/mol. The molecule has 14 heavy (non-hydrogen) atoms. The molecule has 0 saturated carbocycles. The third kappa shape index (κ3) is 1.99. The van der Waals surface area contributed by atoms with Crippen LogP contribution in [0.25, 0.3) is 0 Å². The van der Waals surface area contributed by atoms with Gasteiger partial charge in [0.05, 0.1) is 6.26 Å². The number of hydrogen-bond donors (Lipinski definition) is 1. The molecule has 0 bridgehead atoms. The molecule has 2 rings (SSSR count). The molecule has 1 atom stereocenters. The number of benzene rings is 1. The van der Waals surface area contributed by atoms with Crippen molar-refractivity contribution in [3.63, 3.8) is 0 Å². The molecule has 3 heteroatoms. The molecule has 0 amide bonds. The van der Waals surface area contributed by atoms with E-state index >= 15 is 0 Å². The lowest BCUT2D eigenvalue weighted by atomic mass is 10.1. The molecular formula is C11H9IO2. The molecule has 1 N–H and O–H groups in total. The first-order valence-electron chi connectivity index (χ1n) is 4.24. The Hall–Kier alpha value is -0.810. The summed E-state index contributed by atoms with van der Waals surface area (Å²) in [7, 11) is 0. The predicted molar refractivity (Wildman–Crippen MR) is 61.9 cm³/mol. The van der Waals surface area contributed by atoms with Gasteiger partial charge >= 0.3 is 0 Å². The van der Waals surface area contributed by atoms with E-state index in [-0.39, 0.29) is 0 Å². The van der Waals surface area contributed by atoms with Crippen molar-refractivity contribution in [3.8, 4) is 0 Å². The molecule has 0 aliphatic heterocycles. The van der Waals surface area contributed by atoms with Gasteiger partial charge < -0.3 is 9.52 Å². The first kappa shape index (κ1) is 9.73. The number of furan rings is 1. The Morgan fingerprint density at radius 2 is 1.86 bits per heavy atom. The SMILES string of the molecule is OC(c1ccc(I)cc1)c1ccco1. The Kier molecular flexibility index (Phi) is 2.88. The van der Waals surface area contributed by atoms with Crippen LogP contribution in [0, 0.1) is 3.57 Å². The molecule has 1 aromatic carbocycles. The average molecular weight is 300 g/mol. The third-order valence-corrected chi connectivity index (χ3v) is 2.72. The first-order valence-corrected chi connectivity index (χ1v) is 5.32. The van der Waals surface area contributed by atoms with E-state index in [0.717, 1.165) is 9.13 Å². The minimum atomic E-state index is -0.665. The zero-order valence-electron chi connectivity index (χ0n) is 7.35. The van der Waals surface area contributed by atoms with Crippen molar-refractivity contribution < 1.29 is 9.52 Å². The molecule has 0 spiro atoms. The fourth-order valence-corrected chi connectivity index (χ4v) is 1.62. The summed E-state index contributed by atoms with van der Waals surface area (Å²) >= 11 is 2.23. The van der Waals surface area contributed by atoms with E-state index in [4.69, 9.17) is 4.42 Å². The van der Waals surface area contributed by atoms with Gasteiger partial charge in [0, 0.05) is 3.57 Å². The van der Waals surface area contributed by atoms with E-state index in [1.165, 1.54) is 0 Å². The van der Waals surface area contributed by atoms with Gasteiger partial charge in [-0.05, 0) is 52.4 Å². The van der Waals surface area contributed by atoms with Gasteiger partial charge in [-0.1, -0.05) is 12.1 Å². The molecule has 72 valence electrons. The van der Waals surface area contributed by atoms with Gasteiger partial charge in [-0.25, -0.2) is 0 Å². The Morgan fingerprint density at radius 3 is 2.43 bits per heavy atom. The molecule has 1 unspecified atom stereocenters. The van der Waals surface area contributed by atoms with Crippen molar-refractivity contribution in [2.24, 2.45) is 0 Å². The van der Waals surface area contributed by atoms with Crippen LogP contribution in [-0.4, -0.2) is 5.11 Å². The summed E-state index contributed by atoms with van der Waals surface area (Å²) < 4.78 is 6.28. The summed E-state index contributed by atoms with van der Waals surface area (Å²) in [6.45, 7) is 0. The largest absolute Gasteiger partial charge is 0.466 e. The topological polar surface area (TPSA) is 33.4 Å². The second-order valence-electron chi connectivity index (χ2n) is 2.97. The molecule has 2 aromatic rings. The summed E-state index contributed by atoms with van der Waals surface area (Å²) in [6, 6.07) is 11.3. The van der Waals surface area contributed by atoms with E-state index in [9.17, 15) is 5.11 Å². The smallest absolute Gasteiger partial charge is 0.137 e.